The van der Waals surface area contributed by atoms with Crippen molar-refractivity contribution in [3.8, 4) is 5.75 Å². The maximum Gasteiger partial charge on any atom is 0.374 e. The molecule has 0 aliphatic rings. The molecule has 3 aromatic rings. The fourth-order valence-corrected chi connectivity index (χ4v) is 2.45. The highest BCUT2D eigenvalue weighted by atomic mass is 16.5. The van der Waals surface area contributed by atoms with Crippen molar-refractivity contribution < 1.29 is 18.7 Å². The normalized spacial score (nSPS) is 10.9. The van der Waals surface area contributed by atoms with Gasteiger partial charge in [0.15, 0.2) is 5.43 Å². The summed E-state index contributed by atoms with van der Waals surface area (Å²) in [5.41, 5.74) is 0.816. The van der Waals surface area contributed by atoms with Gasteiger partial charge in [0.05, 0.1) is 6.61 Å². The summed E-state index contributed by atoms with van der Waals surface area (Å²) in [6.45, 7) is 4.64. The van der Waals surface area contributed by atoms with E-state index in [0.29, 0.717) is 29.2 Å². The second-order valence-corrected chi connectivity index (χ2v) is 6.37. The first-order valence-corrected chi connectivity index (χ1v) is 8.45. The molecular formula is C21H20O5. The molecular weight excluding hydrogens is 332 g/mol. The molecule has 0 unspecified atom stereocenters. The van der Waals surface area contributed by atoms with Crippen molar-refractivity contribution in [1.82, 2.24) is 0 Å². The summed E-state index contributed by atoms with van der Waals surface area (Å²) in [5.74, 6) is -0.0283. The number of hydrogen-bond acceptors (Lipinski definition) is 5. The summed E-state index contributed by atoms with van der Waals surface area (Å²) in [5, 5.41) is 0.327. The molecule has 0 radical (unpaired) electrons. The first kappa shape index (κ1) is 17.7. The Hall–Kier alpha value is -3.08. The summed E-state index contributed by atoms with van der Waals surface area (Å²) < 4.78 is 16.5. The number of benzene rings is 2. The van der Waals surface area contributed by atoms with Crippen molar-refractivity contribution in [2.24, 2.45) is 5.92 Å². The summed E-state index contributed by atoms with van der Waals surface area (Å²) in [7, 11) is 0. The van der Waals surface area contributed by atoms with Crippen LogP contribution in [0.1, 0.15) is 30.0 Å². The maximum atomic E-state index is 12.5. The molecule has 0 spiro atoms. The van der Waals surface area contributed by atoms with E-state index in [1.165, 1.54) is 0 Å². The Labute approximate surface area is 151 Å². The van der Waals surface area contributed by atoms with Gasteiger partial charge >= 0.3 is 5.97 Å². The van der Waals surface area contributed by atoms with Gasteiger partial charge in [0.1, 0.15) is 23.3 Å². The van der Waals surface area contributed by atoms with Crippen LogP contribution in [0.15, 0.2) is 63.8 Å². The molecule has 0 N–H and O–H groups in total. The van der Waals surface area contributed by atoms with E-state index >= 15 is 0 Å². The number of fused-ring (bicyclic) bond motifs is 1. The number of ether oxygens (including phenoxy) is 2. The van der Waals surface area contributed by atoms with Gasteiger partial charge in [-0.05, 0) is 23.6 Å². The molecule has 1 heterocycles. The van der Waals surface area contributed by atoms with Gasteiger partial charge < -0.3 is 13.9 Å². The van der Waals surface area contributed by atoms with Gasteiger partial charge in [0.25, 0.3) is 0 Å². The molecule has 0 aliphatic carbocycles. The average molecular weight is 352 g/mol. The van der Waals surface area contributed by atoms with Crippen molar-refractivity contribution in [3.63, 3.8) is 0 Å². The molecule has 2 aromatic carbocycles. The molecule has 0 bridgehead atoms. The summed E-state index contributed by atoms with van der Waals surface area (Å²) in [6.07, 6.45) is 0. The van der Waals surface area contributed by atoms with Gasteiger partial charge in [-0.15, -0.1) is 0 Å². The van der Waals surface area contributed by atoms with E-state index in [1.807, 2.05) is 44.2 Å². The molecule has 134 valence electrons. The van der Waals surface area contributed by atoms with E-state index in [0.717, 1.165) is 11.6 Å². The zero-order chi connectivity index (χ0) is 18.5. The Bertz CT molecular complexity index is 957. The minimum Gasteiger partial charge on any atom is -0.492 e. The number of carbonyl (C=O) groups excluding carboxylic acids is 1. The van der Waals surface area contributed by atoms with Gasteiger partial charge in [-0.3, -0.25) is 4.79 Å². The third-order valence-corrected chi connectivity index (χ3v) is 3.70. The lowest BCUT2D eigenvalue weighted by molar-refractivity contribution is 0.0436. The third kappa shape index (κ3) is 4.11. The fraction of sp³-hybridized carbons (Fsp3) is 0.238. The zero-order valence-corrected chi connectivity index (χ0v) is 14.7. The molecule has 1 aromatic heterocycles. The zero-order valence-electron chi connectivity index (χ0n) is 14.7. The lowest BCUT2D eigenvalue weighted by Gasteiger charge is -2.11. The molecule has 0 fully saturated rings. The van der Waals surface area contributed by atoms with Crippen LogP contribution in [0, 0.1) is 5.92 Å². The predicted molar refractivity (Wildman–Crippen MR) is 98.4 cm³/mol. The van der Waals surface area contributed by atoms with Crippen molar-refractivity contribution >= 4 is 16.9 Å². The number of hydrogen-bond donors (Lipinski definition) is 0. The summed E-state index contributed by atoms with van der Waals surface area (Å²) in [4.78, 5) is 24.7. The van der Waals surface area contributed by atoms with Gasteiger partial charge in [-0.1, -0.05) is 50.2 Å². The first-order chi connectivity index (χ1) is 12.5. The van der Waals surface area contributed by atoms with E-state index in [9.17, 15) is 9.59 Å². The minimum absolute atomic E-state index is 0.110. The van der Waals surface area contributed by atoms with Crippen molar-refractivity contribution in [2.75, 3.05) is 6.61 Å². The molecule has 0 saturated heterocycles. The lowest BCUT2D eigenvalue weighted by atomic mass is 10.2. The van der Waals surface area contributed by atoms with Crippen LogP contribution in [-0.4, -0.2) is 12.6 Å². The molecule has 5 heteroatoms. The second kappa shape index (κ2) is 7.87. The standard InChI is InChI=1S/C21H20O5/c1-14(2)12-24-17-9-6-10-18-20(17)16(22)11-19(26-18)21(23)25-13-15-7-4-3-5-8-15/h3-11,14H,12-13H2,1-2H3. The van der Waals surface area contributed by atoms with E-state index in [2.05, 4.69) is 0 Å². The number of carbonyl (C=O) groups is 1. The molecule has 5 nitrogen and oxygen atoms in total. The van der Waals surface area contributed by atoms with Crippen LogP contribution in [0.25, 0.3) is 11.0 Å². The Morgan fingerprint density at radius 2 is 1.85 bits per heavy atom. The van der Waals surface area contributed by atoms with Crippen molar-refractivity contribution in [1.29, 1.82) is 0 Å². The molecule has 0 aliphatic heterocycles. The summed E-state index contributed by atoms with van der Waals surface area (Å²) >= 11 is 0. The number of rotatable bonds is 6. The predicted octanol–water partition coefficient (Wildman–Crippen LogP) is 4.18. The van der Waals surface area contributed by atoms with Crippen LogP contribution >= 0.6 is 0 Å². The molecule has 0 saturated carbocycles. The molecule has 0 atom stereocenters. The number of esters is 1. The largest absolute Gasteiger partial charge is 0.492 e. The Balaban J connectivity index is 1.84. The van der Waals surface area contributed by atoms with Crippen LogP contribution in [0.4, 0.5) is 0 Å². The fourth-order valence-electron chi connectivity index (χ4n) is 2.45. The van der Waals surface area contributed by atoms with Gasteiger partial charge in [0, 0.05) is 6.07 Å². The van der Waals surface area contributed by atoms with Gasteiger partial charge in [-0.2, -0.15) is 0 Å². The second-order valence-electron chi connectivity index (χ2n) is 6.37. The molecule has 0 amide bonds. The van der Waals surface area contributed by atoms with E-state index in [-0.39, 0.29) is 17.8 Å². The lowest BCUT2D eigenvalue weighted by Crippen LogP contribution is -2.12. The highest BCUT2D eigenvalue weighted by Gasteiger charge is 2.16. The molecule has 3 rings (SSSR count). The van der Waals surface area contributed by atoms with Crippen LogP contribution in [-0.2, 0) is 11.3 Å². The van der Waals surface area contributed by atoms with Gasteiger partial charge in [-0.25, -0.2) is 4.79 Å². The van der Waals surface area contributed by atoms with Crippen LogP contribution in [0.3, 0.4) is 0 Å². The van der Waals surface area contributed by atoms with Crippen LogP contribution < -0.4 is 10.2 Å². The van der Waals surface area contributed by atoms with Gasteiger partial charge in [0.2, 0.25) is 5.76 Å². The quantitative estimate of drug-likeness (QED) is 0.623. The average Bonchev–Trinajstić information content (AvgIpc) is 2.64. The van der Waals surface area contributed by atoms with E-state index in [4.69, 9.17) is 13.9 Å². The van der Waals surface area contributed by atoms with E-state index in [1.54, 1.807) is 18.2 Å². The Morgan fingerprint density at radius 3 is 2.58 bits per heavy atom. The molecule has 26 heavy (non-hydrogen) atoms. The SMILES string of the molecule is CC(C)COc1cccc2oc(C(=O)OCc3ccccc3)cc(=O)c12. The minimum atomic E-state index is -0.679. The third-order valence-electron chi connectivity index (χ3n) is 3.70. The first-order valence-electron chi connectivity index (χ1n) is 8.45. The smallest absolute Gasteiger partial charge is 0.374 e. The van der Waals surface area contributed by atoms with E-state index < -0.39 is 5.97 Å². The maximum absolute atomic E-state index is 12.5. The highest BCUT2D eigenvalue weighted by Crippen LogP contribution is 2.24. The van der Waals surface area contributed by atoms with Crippen LogP contribution in [0.2, 0.25) is 0 Å². The Kier molecular flexibility index (Phi) is 5.37. The summed E-state index contributed by atoms with van der Waals surface area (Å²) in [6, 6.07) is 15.5. The van der Waals surface area contributed by atoms with Crippen molar-refractivity contribution in [3.05, 3.63) is 76.1 Å². The topological polar surface area (TPSA) is 65.7 Å². The highest BCUT2D eigenvalue weighted by molar-refractivity contribution is 5.90. The monoisotopic (exact) mass is 352 g/mol. The van der Waals surface area contributed by atoms with Crippen molar-refractivity contribution in [2.45, 2.75) is 20.5 Å². The van der Waals surface area contributed by atoms with Crippen LogP contribution in [0.5, 0.6) is 5.75 Å². The Morgan fingerprint density at radius 1 is 1.08 bits per heavy atom.